The number of piperazine rings is 1. The van der Waals surface area contributed by atoms with Gasteiger partial charge in [0.2, 0.25) is 0 Å². The van der Waals surface area contributed by atoms with Crippen molar-refractivity contribution in [2.45, 2.75) is 6.54 Å². The van der Waals surface area contributed by atoms with E-state index in [1.54, 1.807) is 12.1 Å². The van der Waals surface area contributed by atoms with Gasteiger partial charge in [-0.25, -0.2) is 4.98 Å². The number of aromatic nitrogens is 2. The number of hydrogen-bond donors (Lipinski definition) is 0. The van der Waals surface area contributed by atoms with Gasteiger partial charge in [0, 0.05) is 51.2 Å². The van der Waals surface area contributed by atoms with E-state index in [-0.39, 0.29) is 10.6 Å². The summed E-state index contributed by atoms with van der Waals surface area (Å²) in [4.78, 5) is 20.0. The number of pyridine rings is 1. The fraction of sp³-hybridized carbons (Fsp3) is 0.278. The minimum absolute atomic E-state index is 0.177. The second-order valence-electron chi connectivity index (χ2n) is 6.21. The summed E-state index contributed by atoms with van der Waals surface area (Å²) < 4.78 is 2.03. The SMILES string of the molecule is O=[N+]([O-])c1ccccc1N1CCN(Cc2cn3ccccc3n2)CC1. The monoisotopic (exact) mass is 337 g/mol. The molecule has 2 aromatic heterocycles. The van der Waals surface area contributed by atoms with E-state index in [4.69, 9.17) is 0 Å². The smallest absolute Gasteiger partial charge is 0.292 e. The van der Waals surface area contributed by atoms with Gasteiger partial charge in [-0.1, -0.05) is 18.2 Å². The second kappa shape index (κ2) is 6.52. The Kier molecular flexibility index (Phi) is 4.07. The number of hydrogen-bond acceptors (Lipinski definition) is 5. The Balaban J connectivity index is 1.42. The van der Waals surface area contributed by atoms with Gasteiger partial charge in [-0.2, -0.15) is 0 Å². The van der Waals surface area contributed by atoms with Crippen molar-refractivity contribution in [2.24, 2.45) is 0 Å². The molecule has 0 aliphatic carbocycles. The van der Waals surface area contributed by atoms with E-state index in [9.17, 15) is 10.1 Å². The van der Waals surface area contributed by atoms with Crippen LogP contribution in [0.5, 0.6) is 0 Å². The average molecular weight is 337 g/mol. The molecule has 0 saturated carbocycles. The first-order valence-corrected chi connectivity index (χ1v) is 8.34. The van der Waals surface area contributed by atoms with Gasteiger partial charge >= 0.3 is 0 Å². The summed E-state index contributed by atoms with van der Waals surface area (Å²) in [6, 6.07) is 12.9. The van der Waals surface area contributed by atoms with Crippen LogP contribution in [0.3, 0.4) is 0 Å². The standard InChI is InChI=1S/C18H19N5O2/c24-23(25)17-6-2-1-5-16(17)21-11-9-20(10-12-21)13-15-14-22-8-4-3-7-18(22)19-15/h1-8,14H,9-13H2. The molecule has 0 bridgehead atoms. The third-order valence-corrected chi connectivity index (χ3v) is 4.59. The lowest BCUT2D eigenvalue weighted by Crippen LogP contribution is -2.46. The van der Waals surface area contributed by atoms with E-state index in [0.29, 0.717) is 5.69 Å². The fourth-order valence-electron chi connectivity index (χ4n) is 3.33. The van der Waals surface area contributed by atoms with E-state index < -0.39 is 0 Å². The summed E-state index contributed by atoms with van der Waals surface area (Å²) in [5, 5.41) is 11.2. The van der Waals surface area contributed by atoms with E-state index in [0.717, 1.165) is 44.1 Å². The lowest BCUT2D eigenvalue weighted by molar-refractivity contribution is -0.384. The molecular formula is C18H19N5O2. The molecule has 1 fully saturated rings. The van der Waals surface area contributed by atoms with Gasteiger partial charge in [-0.3, -0.25) is 15.0 Å². The van der Waals surface area contributed by atoms with Crippen molar-refractivity contribution in [3.05, 3.63) is 70.7 Å². The van der Waals surface area contributed by atoms with Gasteiger partial charge in [0.1, 0.15) is 11.3 Å². The number of nitro groups is 1. The molecule has 0 atom stereocenters. The fourth-order valence-corrected chi connectivity index (χ4v) is 3.33. The Labute approximate surface area is 145 Å². The van der Waals surface area contributed by atoms with Crippen LogP contribution in [0, 0.1) is 10.1 Å². The van der Waals surface area contributed by atoms with Crippen molar-refractivity contribution in [1.29, 1.82) is 0 Å². The topological polar surface area (TPSA) is 66.9 Å². The van der Waals surface area contributed by atoms with Crippen LogP contribution in [-0.2, 0) is 6.54 Å². The van der Waals surface area contributed by atoms with Crippen molar-refractivity contribution in [1.82, 2.24) is 14.3 Å². The molecule has 1 aliphatic rings. The molecular weight excluding hydrogens is 318 g/mol. The highest BCUT2D eigenvalue weighted by Crippen LogP contribution is 2.28. The molecule has 7 heteroatoms. The molecule has 1 aliphatic heterocycles. The molecule has 25 heavy (non-hydrogen) atoms. The Morgan fingerprint density at radius 2 is 1.80 bits per heavy atom. The predicted octanol–water partition coefficient (Wildman–Crippen LogP) is 2.56. The zero-order valence-corrected chi connectivity index (χ0v) is 13.8. The Morgan fingerprint density at radius 3 is 2.56 bits per heavy atom. The maximum Gasteiger partial charge on any atom is 0.292 e. The Bertz CT molecular complexity index is 866. The minimum Gasteiger partial charge on any atom is -0.363 e. The van der Waals surface area contributed by atoms with Crippen LogP contribution in [0.1, 0.15) is 5.69 Å². The molecule has 7 nitrogen and oxygen atoms in total. The molecule has 0 spiro atoms. The largest absolute Gasteiger partial charge is 0.363 e. The summed E-state index contributed by atoms with van der Waals surface area (Å²) in [6.45, 7) is 4.07. The first-order chi connectivity index (χ1) is 12.2. The quantitative estimate of drug-likeness (QED) is 0.541. The number of anilines is 1. The van der Waals surface area contributed by atoms with Gasteiger partial charge in [0.25, 0.3) is 5.69 Å². The highest BCUT2D eigenvalue weighted by Gasteiger charge is 2.23. The van der Waals surface area contributed by atoms with Crippen LogP contribution in [0.15, 0.2) is 54.9 Å². The number of imidazole rings is 1. The second-order valence-corrected chi connectivity index (χ2v) is 6.21. The van der Waals surface area contributed by atoms with Gasteiger partial charge in [0.15, 0.2) is 0 Å². The summed E-state index contributed by atoms with van der Waals surface area (Å²) >= 11 is 0. The van der Waals surface area contributed by atoms with Gasteiger partial charge in [-0.15, -0.1) is 0 Å². The molecule has 0 amide bonds. The van der Waals surface area contributed by atoms with Crippen molar-refractivity contribution in [3.63, 3.8) is 0 Å². The first kappa shape index (κ1) is 15.6. The van der Waals surface area contributed by atoms with Gasteiger partial charge < -0.3 is 9.30 Å². The number of fused-ring (bicyclic) bond motifs is 1. The molecule has 0 N–H and O–H groups in total. The normalized spacial score (nSPS) is 15.6. The summed E-state index contributed by atoms with van der Waals surface area (Å²) in [6.07, 6.45) is 4.06. The number of nitro benzene ring substituents is 1. The van der Waals surface area contributed by atoms with Crippen LogP contribution < -0.4 is 4.90 Å². The third-order valence-electron chi connectivity index (χ3n) is 4.59. The van der Waals surface area contributed by atoms with E-state index >= 15 is 0 Å². The van der Waals surface area contributed by atoms with E-state index in [2.05, 4.69) is 21.0 Å². The van der Waals surface area contributed by atoms with Crippen LogP contribution in [0.2, 0.25) is 0 Å². The molecule has 3 aromatic rings. The Morgan fingerprint density at radius 1 is 1.04 bits per heavy atom. The van der Waals surface area contributed by atoms with E-state index in [1.807, 2.05) is 40.9 Å². The van der Waals surface area contributed by atoms with Crippen molar-refractivity contribution in [2.75, 3.05) is 31.1 Å². The highest BCUT2D eigenvalue weighted by molar-refractivity contribution is 5.63. The Hall–Kier alpha value is -2.93. The summed E-state index contributed by atoms with van der Waals surface area (Å²) in [7, 11) is 0. The molecule has 0 radical (unpaired) electrons. The lowest BCUT2D eigenvalue weighted by atomic mass is 10.2. The van der Waals surface area contributed by atoms with Crippen molar-refractivity contribution >= 4 is 17.0 Å². The van der Waals surface area contributed by atoms with Crippen LogP contribution in [-0.4, -0.2) is 45.4 Å². The number of nitrogens with zero attached hydrogens (tertiary/aromatic N) is 5. The number of benzene rings is 1. The summed E-state index contributed by atoms with van der Waals surface area (Å²) in [5.41, 5.74) is 2.89. The third kappa shape index (κ3) is 3.18. The van der Waals surface area contributed by atoms with Gasteiger partial charge in [0.05, 0.1) is 10.6 Å². The van der Waals surface area contributed by atoms with Gasteiger partial charge in [-0.05, 0) is 18.2 Å². The predicted molar refractivity (Wildman–Crippen MR) is 95.8 cm³/mol. The first-order valence-electron chi connectivity index (χ1n) is 8.34. The molecule has 0 unspecified atom stereocenters. The molecule has 1 aromatic carbocycles. The zero-order chi connectivity index (χ0) is 17.2. The van der Waals surface area contributed by atoms with Crippen LogP contribution >= 0.6 is 0 Å². The van der Waals surface area contributed by atoms with E-state index in [1.165, 1.54) is 0 Å². The number of rotatable bonds is 4. The van der Waals surface area contributed by atoms with Crippen molar-refractivity contribution in [3.8, 4) is 0 Å². The average Bonchev–Trinajstić information content (AvgIpc) is 3.04. The zero-order valence-electron chi connectivity index (χ0n) is 13.8. The summed E-state index contributed by atoms with van der Waals surface area (Å²) in [5.74, 6) is 0. The van der Waals surface area contributed by atoms with Crippen molar-refractivity contribution < 1.29 is 4.92 Å². The van der Waals surface area contributed by atoms with Crippen LogP contribution in [0.25, 0.3) is 5.65 Å². The molecule has 4 rings (SSSR count). The highest BCUT2D eigenvalue weighted by atomic mass is 16.6. The molecule has 1 saturated heterocycles. The maximum atomic E-state index is 11.2. The lowest BCUT2D eigenvalue weighted by Gasteiger charge is -2.35. The number of para-hydroxylation sites is 2. The van der Waals surface area contributed by atoms with Crippen LogP contribution in [0.4, 0.5) is 11.4 Å². The maximum absolute atomic E-state index is 11.2. The molecule has 3 heterocycles. The minimum atomic E-state index is -0.307. The molecule has 128 valence electrons.